The highest BCUT2D eigenvalue weighted by Crippen LogP contribution is 2.58. The molecular formula is C41H51N5O11. The molecule has 10 N–H and O–H groups in total. The van der Waals surface area contributed by atoms with Gasteiger partial charge in [0.1, 0.15) is 35.3 Å². The summed E-state index contributed by atoms with van der Waals surface area (Å²) in [5.74, 6) is -0.246. The van der Waals surface area contributed by atoms with Gasteiger partial charge < -0.3 is 56.5 Å². The molecule has 4 atom stereocenters. The number of fused-ring (bicyclic) bond motifs is 1. The van der Waals surface area contributed by atoms with Crippen molar-refractivity contribution < 1.29 is 54.5 Å². The number of nitrogens with zero attached hydrogens (tertiary/aromatic N) is 2. The third-order valence-corrected chi connectivity index (χ3v) is 11.9. The van der Waals surface area contributed by atoms with Gasteiger partial charge in [0.05, 0.1) is 43.9 Å². The van der Waals surface area contributed by atoms with Crippen molar-refractivity contribution in [2.75, 3.05) is 34.4 Å². The number of methoxy groups -OCH3 is 2. The molecule has 57 heavy (non-hydrogen) atoms. The van der Waals surface area contributed by atoms with Crippen molar-refractivity contribution in [3.63, 3.8) is 0 Å². The number of carboxylic acids is 1. The topological polar surface area (TPSA) is 259 Å². The van der Waals surface area contributed by atoms with Crippen molar-refractivity contribution in [2.45, 2.75) is 62.1 Å². The first-order valence-corrected chi connectivity index (χ1v) is 19.0. The number of amides is 2. The third-order valence-electron chi connectivity index (χ3n) is 11.9. The number of nitrogens with one attached hydrogen (secondary N) is 2. The van der Waals surface area contributed by atoms with Gasteiger partial charge in [-0.1, -0.05) is 30.3 Å². The number of likely N-dealkylation sites (N-methyl/N-ethyl adjacent to an activating group) is 1. The van der Waals surface area contributed by atoms with Gasteiger partial charge in [-0.2, -0.15) is 5.10 Å². The van der Waals surface area contributed by atoms with E-state index in [9.17, 15) is 24.6 Å². The first kappa shape index (κ1) is 41.5. The molecule has 16 nitrogen and oxygen atoms in total. The Balaban J connectivity index is 0.000000365. The number of carbonyl (C=O) groups excluding carboxylic acids is 2. The minimum atomic E-state index is -1.55. The van der Waals surface area contributed by atoms with Crippen LogP contribution in [0.4, 0.5) is 0 Å². The molecular weight excluding hydrogens is 738 g/mol. The molecule has 4 fully saturated rings. The fourth-order valence-electron chi connectivity index (χ4n) is 9.32. The van der Waals surface area contributed by atoms with Crippen LogP contribution in [0.5, 0.6) is 11.5 Å². The van der Waals surface area contributed by atoms with E-state index >= 15 is 0 Å². The standard InChI is InChI=1S/C34H34N4O6.C7H17NO5/c1-43-28-8-5-9-29(44-2)30(28)27-17-25(37-38(27)26-11-10-24(31(35)39)22-6-3-4-7-23(22)26)32(40)36-34(33(41)42)20-13-18-12-19(15-20)16-21(34)14-18;1-8-2-4(10)6(12)7(13)5(11)3-9/h3-11,17-21H,12-16H2,1-2H3,(H2,35,39)(H,36,40)(H,41,42);4-13H,2-3H2,1H3/t;4-,5+,6+,7+/m.0/s1. The van der Waals surface area contributed by atoms with Crippen molar-refractivity contribution >= 4 is 28.6 Å². The molecule has 0 spiro atoms. The average Bonchev–Trinajstić information content (AvgIpc) is 3.65. The molecule has 4 aliphatic carbocycles. The van der Waals surface area contributed by atoms with E-state index in [0.29, 0.717) is 56.6 Å². The summed E-state index contributed by atoms with van der Waals surface area (Å²) in [5.41, 5.74) is 6.43. The van der Waals surface area contributed by atoms with Crippen LogP contribution in [0, 0.1) is 23.7 Å². The highest BCUT2D eigenvalue weighted by atomic mass is 16.5. The SMILES string of the molecule is CNC[C@H](O)[C@@H](O)[C@H](O)[C@H](O)CO.COc1cccc(OC)c1-c1cc(C(=O)NC2(C(=O)O)C3CC4CC(C3)CC2C4)nn1-c1ccc(C(N)=O)c2ccccc12. The maximum atomic E-state index is 14.1. The first-order valence-electron chi connectivity index (χ1n) is 19.0. The molecule has 8 rings (SSSR count). The lowest BCUT2D eigenvalue weighted by molar-refractivity contribution is -0.163. The molecule has 4 bridgehead atoms. The van der Waals surface area contributed by atoms with Gasteiger partial charge in [0, 0.05) is 17.5 Å². The predicted octanol–water partition coefficient (Wildman–Crippen LogP) is 1.46. The van der Waals surface area contributed by atoms with Gasteiger partial charge in [0.25, 0.3) is 5.91 Å². The zero-order valence-electron chi connectivity index (χ0n) is 32.0. The third kappa shape index (κ3) is 7.80. The fourth-order valence-corrected chi connectivity index (χ4v) is 9.32. The number of benzene rings is 3. The van der Waals surface area contributed by atoms with Gasteiger partial charge in [0.2, 0.25) is 5.91 Å². The molecule has 16 heteroatoms. The number of aliphatic hydroxyl groups excluding tert-OH is 5. The van der Waals surface area contributed by atoms with Gasteiger partial charge in [-0.15, -0.1) is 0 Å². The molecule has 0 radical (unpaired) electrons. The summed E-state index contributed by atoms with van der Waals surface area (Å²) < 4.78 is 13.0. The highest BCUT2D eigenvalue weighted by molar-refractivity contribution is 6.09. The largest absolute Gasteiger partial charge is 0.496 e. The zero-order valence-corrected chi connectivity index (χ0v) is 32.0. The molecule has 306 valence electrons. The molecule has 4 aliphatic rings. The van der Waals surface area contributed by atoms with Crippen LogP contribution in [0.25, 0.3) is 27.7 Å². The number of nitrogens with two attached hydrogens (primary N) is 1. The number of carboxylic acid groups (broad SMARTS) is 1. The molecule has 4 saturated carbocycles. The lowest BCUT2D eigenvalue weighted by Crippen LogP contribution is -2.70. The van der Waals surface area contributed by atoms with Crippen LogP contribution in [-0.2, 0) is 4.79 Å². The van der Waals surface area contributed by atoms with E-state index in [4.69, 9.17) is 40.7 Å². The van der Waals surface area contributed by atoms with Crippen LogP contribution in [0.1, 0.15) is 53.0 Å². The Hall–Kier alpha value is -5.10. The van der Waals surface area contributed by atoms with Gasteiger partial charge in [-0.3, -0.25) is 9.59 Å². The summed E-state index contributed by atoms with van der Waals surface area (Å²) in [7, 11) is 4.67. The Morgan fingerprint density at radius 1 is 0.860 bits per heavy atom. The Bertz CT molecular complexity index is 2050. The summed E-state index contributed by atoms with van der Waals surface area (Å²) in [6.45, 7) is -0.569. The normalized spacial score (nSPS) is 24.1. The number of hydrogen-bond acceptors (Lipinski definition) is 12. The first-order chi connectivity index (χ1) is 27.3. The van der Waals surface area contributed by atoms with Gasteiger partial charge in [-0.05, 0) is 98.5 Å². The van der Waals surface area contributed by atoms with E-state index < -0.39 is 54.3 Å². The van der Waals surface area contributed by atoms with E-state index in [0.717, 1.165) is 32.1 Å². The number of aliphatic hydroxyl groups is 5. The van der Waals surface area contributed by atoms with Crippen molar-refractivity contribution in [1.29, 1.82) is 0 Å². The van der Waals surface area contributed by atoms with Gasteiger partial charge in [-0.25, -0.2) is 9.48 Å². The zero-order chi connectivity index (χ0) is 41.2. The molecule has 0 aliphatic heterocycles. The highest BCUT2D eigenvalue weighted by Gasteiger charge is 2.62. The Morgan fingerprint density at radius 2 is 1.44 bits per heavy atom. The number of hydrogen-bond donors (Lipinski definition) is 9. The molecule has 2 amide bonds. The van der Waals surface area contributed by atoms with Crippen molar-refractivity contribution in [3.05, 3.63) is 71.9 Å². The second-order valence-electron chi connectivity index (χ2n) is 15.2. The molecule has 0 saturated heterocycles. The van der Waals surface area contributed by atoms with E-state index in [-0.39, 0.29) is 24.1 Å². The summed E-state index contributed by atoms with van der Waals surface area (Å²) >= 11 is 0. The van der Waals surface area contributed by atoms with E-state index in [1.165, 1.54) is 0 Å². The van der Waals surface area contributed by atoms with Gasteiger partial charge in [0.15, 0.2) is 5.69 Å². The second-order valence-corrected chi connectivity index (χ2v) is 15.2. The number of aromatic nitrogens is 2. The summed E-state index contributed by atoms with van der Waals surface area (Å²) in [6, 6.07) is 17.7. The van der Waals surface area contributed by atoms with Crippen LogP contribution >= 0.6 is 0 Å². The number of aliphatic carboxylic acids is 1. The lowest BCUT2D eigenvalue weighted by Gasteiger charge is -2.59. The van der Waals surface area contributed by atoms with Crippen LogP contribution in [0.2, 0.25) is 0 Å². The average molecular weight is 790 g/mol. The summed E-state index contributed by atoms with van der Waals surface area (Å²) in [5, 5.41) is 67.2. The lowest BCUT2D eigenvalue weighted by atomic mass is 9.48. The number of primary amides is 1. The maximum absolute atomic E-state index is 14.1. The van der Waals surface area contributed by atoms with Crippen LogP contribution in [-0.4, -0.2) is 123 Å². The Morgan fingerprint density at radius 3 is 1.96 bits per heavy atom. The monoisotopic (exact) mass is 789 g/mol. The number of carbonyl (C=O) groups is 3. The Labute approximate surface area is 329 Å². The molecule has 3 aromatic carbocycles. The Kier molecular flexibility index (Phi) is 12.5. The van der Waals surface area contributed by atoms with Crippen LogP contribution in [0.3, 0.4) is 0 Å². The molecule has 1 heterocycles. The number of ether oxygens (including phenoxy) is 2. The molecule has 1 aromatic heterocycles. The molecule has 0 unspecified atom stereocenters. The smallest absolute Gasteiger partial charge is 0.330 e. The van der Waals surface area contributed by atoms with Gasteiger partial charge >= 0.3 is 5.97 Å². The van der Waals surface area contributed by atoms with E-state index in [1.807, 2.05) is 24.3 Å². The predicted molar refractivity (Wildman–Crippen MR) is 208 cm³/mol. The van der Waals surface area contributed by atoms with Crippen molar-refractivity contribution in [3.8, 4) is 28.4 Å². The van der Waals surface area contributed by atoms with Crippen LogP contribution < -0.4 is 25.8 Å². The fraction of sp³-hybridized carbons (Fsp3) is 0.463. The second kappa shape index (κ2) is 17.2. The van der Waals surface area contributed by atoms with Crippen molar-refractivity contribution in [2.24, 2.45) is 29.4 Å². The minimum absolute atomic E-state index is 0.0606. The van der Waals surface area contributed by atoms with Crippen LogP contribution in [0.15, 0.2) is 60.7 Å². The van der Waals surface area contributed by atoms with Crippen molar-refractivity contribution in [1.82, 2.24) is 20.4 Å². The van der Waals surface area contributed by atoms with E-state index in [2.05, 4.69) is 10.6 Å². The maximum Gasteiger partial charge on any atom is 0.330 e. The minimum Gasteiger partial charge on any atom is -0.496 e. The summed E-state index contributed by atoms with van der Waals surface area (Å²) in [6.07, 6.45) is -1.23. The molecule has 4 aromatic rings. The quantitative estimate of drug-likeness (QED) is 0.0878. The number of rotatable bonds is 14. The summed E-state index contributed by atoms with van der Waals surface area (Å²) in [4.78, 5) is 39.4. The van der Waals surface area contributed by atoms with E-state index in [1.54, 1.807) is 62.3 Å².